The van der Waals surface area contributed by atoms with Gasteiger partial charge in [0.05, 0.1) is 0 Å². The molecule has 0 aromatic heterocycles. The maximum Gasteiger partial charge on any atom is 0.415 e. The Balaban J connectivity index is 2.16. The number of rotatable bonds is 1. The minimum Gasteiger partial charge on any atom is -0.416 e. The van der Waals surface area contributed by atoms with Crippen LogP contribution in [0.1, 0.15) is 0 Å². The SMILES string of the molecule is c1ccc(B2NCCO2)cc1. The molecule has 0 amide bonds. The van der Waals surface area contributed by atoms with Gasteiger partial charge in [-0.15, -0.1) is 0 Å². The lowest BCUT2D eigenvalue weighted by Crippen LogP contribution is -2.41. The molecule has 1 aliphatic heterocycles. The van der Waals surface area contributed by atoms with Gasteiger partial charge in [0.25, 0.3) is 0 Å². The summed E-state index contributed by atoms with van der Waals surface area (Å²) in [6.45, 7) is 1.78. The molecule has 1 aromatic carbocycles. The monoisotopic (exact) mass is 147 g/mol. The first-order valence-corrected chi connectivity index (χ1v) is 3.87. The number of nitrogens with one attached hydrogen (secondary N) is 1. The smallest absolute Gasteiger partial charge is 0.415 e. The van der Waals surface area contributed by atoms with Crippen molar-refractivity contribution in [2.24, 2.45) is 0 Å². The molecular formula is C8H10BNO. The molecule has 0 radical (unpaired) electrons. The van der Waals surface area contributed by atoms with E-state index in [4.69, 9.17) is 4.65 Å². The zero-order valence-corrected chi connectivity index (χ0v) is 6.29. The second kappa shape index (κ2) is 3.07. The summed E-state index contributed by atoms with van der Waals surface area (Å²) in [6, 6.07) is 10.2. The van der Waals surface area contributed by atoms with Crippen LogP contribution in [0.25, 0.3) is 0 Å². The van der Waals surface area contributed by atoms with Gasteiger partial charge in [-0.05, 0) is 5.46 Å². The van der Waals surface area contributed by atoms with Crippen molar-refractivity contribution in [3.05, 3.63) is 30.3 Å². The third-order valence-electron chi connectivity index (χ3n) is 1.82. The molecule has 0 aliphatic carbocycles. The molecule has 0 unspecified atom stereocenters. The summed E-state index contributed by atoms with van der Waals surface area (Å²) in [6.07, 6.45) is 0. The quantitative estimate of drug-likeness (QED) is 0.564. The summed E-state index contributed by atoms with van der Waals surface area (Å²) in [5.74, 6) is 0. The highest BCUT2D eigenvalue weighted by molar-refractivity contribution is 6.65. The first kappa shape index (κ1) is 6.89. The lowest BCUT2D eigenvalue weighted by molar-refractivity contribution is 0.376. The predicted molar refractivity (Wildman–Crippen MR) is 45.8 cm³/mol. The molecular weight excluding hydrogens is 137 g/mol. The van der Waals surface area contributed by atoms with E-state index >= 15 is 0 Å². The molecule has 1 heterocycles. The fraction of sp³-hybridized carbons (Fsp3) is 0.250. The predicted octanol–water partition coefficient (Wildman–Crippen LogP) is 0.00160. The summed E-state index contributed by atoms with van der Waals surface area (Å²) in [7, 11) is 0.121. The van der Waals surface area contributed by atoms with Crippen LogP contribution in [-0.2, 0) is 4.65 Å². The summed E-state index contributed by atoms with van der Waals surface area (Å²) in [5.41, 5.74) is 1.21. The average molecular weight is 147 g/mol. The van der Waals surface area contributed by atoms with Crippen LogP contribution in [0, 0.1) is 0 Å². The Morgan fingerprint density at radius 3 is 2.73 bits per heavy atom. The van der Waals surface area contributed by atoms with E-state index in [-0.39, 0.29) is 7.05 Å². The van der Waals surface area contributed by atoms with E-state index in [9.17, 15) is 0 Å². The zero-order valence-electron chi connectivity index (χ0n) is 6.29. The molecule has 1 fully saturated rings. The second-order valence-corrected chi connectivity index (χ2v) is 2.62. The second-order valence-electron chi connectivity index (χ2n) is 2.62. The lowest BCUT2D eigenvalue weighted by Gasteiger charge is -2.03. The van der Waals surface area contributed by atoms with Gasteiger partial charge >= 0.3 is 7.05 Å². The Hall–Kier alpha value is -0.795. The first-order valence-electron chi connectivity index (χ1n) is 3.87. The van der Waals surface area contributed by atoms with Crippen molar-refractivity contribution in [2.45, 2.75) is 0 Å². The molecule has 56 valence electrons. The van der Waals surface area contributed by atoms with Crippen LogP contribution in [0.3, 0.4) is 0 Å². The Bertz CT molecular complexity index is 221. The van der Waals surface area contributed by atoms with Gasteiger partial charge in [-0.3, -0.25) is 0 Å². The topological polar surface area (TPSA) is 21.3 Å². The number of hydrogen-bond donors (Lipinski definition) is 1. The third-order valence-corrected chi connectivity index (χ3v) is 1.82. The average Bonchev–Trinajstić information content (AvgIpc) is 2.58. The van der Waals surface area contributed by atoms with Crippen LogP contribution in [0.2, 0.25) is 0 Å². The third kappa shape index (κ3) is 1.44. The highest BCUT2D eigenvalue weighted by Gasteiger charge is 2.22. The fourth-order valence-corrected chi connectivity index (χ4v) is 1.27. The highest BCUT2D eigenvalue weighted by Crippen LogP contribution is 1.92. The molecule has 11 heavy (non-hydrogen) atoms. The van der Waals surface area contributed by atoms with E-state index in [1.54, 1.807) is 0 Å². The largest absolute Gasteiger partial charge is 0.416 e. The lowest BCUT2D eigenvalue weighted by atomic mass is 9.75. The Morgan fingerprint density at radius 1 is 1.27 bits per heavy atom. The summed E-state index contributed by atoms with van der Waals surface area (Å²) in [4.78, 5) is 0. The van der Waals surface area contributed by atoms with Crippen LogP contribution in [0.4, 0.5) is 0 Å². The molecule has 3 heteroatoms. The van der Waals surface area contributed by atoms with Crippen molar-refractivity contribution in [2.75, 3.05) is 13.2 Å². The first-order chi connectivity index (χ1) is 5.47. The molecule has 1 aliphatic rings. The van der Waals surface area contributed by atoms with Gasteiger partial charge in [0, 0.05) is 13.2 Å². The molecule has 2 rings (SSSR count). The van der Waals surface area contributed by atoms with Gasteiger partial charge in [-0.1, -0.05) is 30.3 Å². The standard InChI is InChI=1S/C8H10BNO/c1-2-4-8(5-3-1)9-10-6-7-11-9/h1-5,10H,6-7H2. The number of benzene rings is 1. The van der Waals surface area contributed by atoms with Gasteiger partial charge in [0.1, 0.15) is 0 Å². The van der Waals surface area contributed by atoms with Gasteiger partial charge in [-0.25, -0.2) is 0 Å². The molecule has 0 saturated carbocycles. The van der Waals surface area contributed by atoms with Crippen LogP contribution in [0.15, 0.2) is 30.3 Å². The van der Waals surface area contributed by atoms with Gasteiger partial charge in [0.2, 0.25) is 0 Å². The summed E-state index contributed by atoms with van der Waals surface area (Å²) < 4.78 is 5.43. The Morgan fingerprint density at radius 2 is 2.09 bits per heavy atom. The van der Waals surface area contributed by atoms with Crippen molar-refractivity contribution >= 4 is 12.5 Å². The molecule has 0 spiro atoms. The van der Waals surface area contributed by atoms with E-state index in [1.807, 2.05) is 18.2 Å². The van der Waals surface area contributed by atoms with Crippen molar-refractivity contribution in [3.63, 3.8) is 0 Å². The van der Waals surface area contributed by atoms with Crippen molar-refractivity contribution < 1.29 is 4.65 Å². The molecule has 1 aromatic rings. The van der Waals surface area contributed by atoms with Crippen LogP contribution >= 0.6 is 0 Å². The normalized spacial score (nSPS) is 17.3. The Labute approximate surface area is 66.7 Å². The van der Waals surface area contributed by atoms with Gasteiger partial charge in [0.15, 0.2) is 0 Å². The minimum absolute atomic E-state index is 0.121. The Kier molecular flexibility index (Phi) is 1.92. The van der Waals surface area contributed by atoms with Gasteiger partial charge < -0.3 is 9.88 Å². The molecule has 1 N–H and O–H groups in total. The number of hydrogen-bond acceptors (Lipinski definition) is 2. The van der Waals surface area contributed by atoms with E-state index in [0.717, 1.165) is 13.2 Å². The maximum absolute atomic E-state index is 5.43. The maximum atomic E-state index is 5.43. The fourth-order valence-electron chi connectivity index (χ4n) is 1.27. The molecule has 0 atom stereocenters. The molecule has 1 saturated heterocycles. The highest BCUT2D eigenvalue weighted by atomic mass is 16.5. The summed E-state index contributed by atoms with van der Waals surface area (Å²) in [5, 5.41) is 3.25. The molecule has 2 nitrogen and oxygen atoms in total. The summed E-state index contributed by atoms with van der Waals surface area (Å²) >= 11 is 0. The molecule has 0 bridgehead atoms. The van der Waals surface area contributed by atoms with Crippen molar-refractivity contribution in [1.29, 1.82) is 0 Å². The van der Waals surface area contributed by atoms with E-state index < -0.39 is 0 Å². The van der Waals surface area contributed by atoms with Crippen molar-refractivity contribution in [3.8, 4) is 0 Å². The minimum atomic E-state index is 0.121. The van der Waals surface area contributed by atoms with Crippen LogP contribution in [-0.4, -0.2) is 20.2 Å². The van der Waals surface area contributed by atoms with E-state index in [0.29, 0.717) is 0 Å². The van der Waals surface area contributed by atoms with E-state index in [2.05, 4.69) is 17.4 Å². The van der Waals surface area contributed by atoms with Crippen LogP contribution < -0.4 is 10.7 Å². The van der Waals surface area contributed by atoms with Gasteiger partial charge in [-0.2, -0.15) is 0 Å². The van der Waals surface area contributed by atoms with Crippen molar-refractivity contribution in [1.82, 2.24) is 5.23 Å². The van der Waals surface area contributed by atoms with E-state index in [1.165, 1.54) is 5.46 Å². The zero-order chi connectivity index (χ0) is 7.52. The van der Waals surface area contributed by atoms with Crippen LogP contribution in [0.5, 0.6) is 0 Å².